The van der Waals surface area contributed by atoms with Gasteiger partial charge in [0.25, 0.3) is 5.91 Å². The number of anilines is 1. The van der Waals surface area contributed by atoms with Crippen LogP contribution < -0.4 is 4.90 Å². The largest absolute Gasteiger partial charge is 0.426 e. The number of benzene rings is 1. The van der Waals surface area contributed by atoms with Crippen LogP contribution in [0.5, 0.6) is 0 Å². The van der Waals surface area contributed by atoms with Crippen LogP contribution in [0, 0.1) is 11.8 Å². The highest BCUT2D eigenvalue weighted by Gasteiger charge is 2.57. The quantitative estimate of drug-likeness (QED) is 0.670. The summed E-state index contributed by atoms with van der Waals surface area (Å²) in [5.41, 5.74) is -4.47. The Morgan fingerprint density at radius 2 is 1.77 bits per heavy atom. The molecule has 174 valence electrons. The SMILES string of the molecule is CC1CN(C(=O)[C@@](C)(O)C(F)(F)F)CCC1C(=O)N(C)c1ccc(C(F)(F)F)cc1Cl. The summed E-state index contributed by atoms with van der Waals surface area (Å²) >= 11 is 5.93. The molecule has 1 aliphatic rings. The molecule has 1 N–H and O–H groups in total. The predicted octanol–water partition coefficient (Wildman–Crippen LogP) is 4.12. The van der Waals surface area contributed by atoms with Crippen molar-refractivity contribution in [2.75, 3.05) is 25.0 Å². The first-order valence-corrected chi connectivity index (χ1v) is 9.59. The number of likely N-dealkylation sites (tertiary alicyclic amines) is 1. The topological polar surface area (TPSA) is 60.9 Å². The summed E-state index contributed by atoms with van der Waals surface area (Å²) in [6.45, 7) is 1.54. The van der Waals surface area contributed by atoms with Crippen LogP contribution in [0.2, 0.25) is 5.02 Å². The Bertz CT molecular complexity index is 856. The first-order chi connectivity index (χ1) is 14.0. The van der Waals surface area contributed by atoms with Crippen molar-refractivity contribution in [1.29, 1.82) is 0 Å². The Hall–Kier alpha value is -2.01. The van der Waals surface area contributed by atoms with Gasteiger partial charge in [0.05, 0.1) is 16.3 Å². The minimum atomic E-state index is -5.15. The third-order valence-corrected chi connectivity index (χ3v) is 5.75. The summed E-state index contributed by atoms with van der Waals surface area (Å²) in [6.07, 6.45) is -9.74. The van der Waals surface area contributed by atoms with Crippen molar-refractivity contribution < 1.29 is 41.0 Å². The number of nitrogens with zero attached hydrogens (tertiary/aromatic N) is 2. The lowest BCUT2D eigenvalue weighted by Gasteiger charge is -2.40. The number of carbonyl (C=O) groups excluding carboxylic acids is 2. The Kier molecular flexibility index (Phi) is 6.92. The molecule has 0 radical (unpaired) electrons. The molecule has 5 nitrogen and oxygen atoms in total. The molecule has 0 aliphatic carbocycles. The van der Waals surface area contributed by atoms with E-state index in [-0.39, 0.29) is 30.2 Å². The highest BCUT2D eigenvalue weighted by Crippen LogP contribution is 2.37. The van der Waals surface area contributed by atoms with E-state index in [0.717, 1.165) is 21.9 Å². The molecule has 1 aliphatic heterocycles. The van der Waals surface area contributed by atoms with Crippen LogP contribution in [0.1, 0.15) is 25.8 Å². The Balaban J connectivity index is 2.14. The zero-order chi connectivity index (χ0) is 23.9. The van der Waals surface area contributed by atoms with E-state index in [1.807, 2.05) is 0 Å². The molecule has 2 amide bonds. The van der Waals surface area contributed by atoms with Gasteiger partial charge in [-0.3, -0.25) is 9.59 Å². The van der Waals surface area contributed by atoms with Gasteiger partial charge in [-0.2, -0.15) is 26.3 Å². The van der Waals surface area contributed by atoms with Crippen molar-refractivity contribution in [2.45, 2.75) is 38.2 Å². The standard InChI is InChI=1S/C19H21ClF6N2O3/c1-10-9-28(16(30)17(2,31)19(24,25)26)7-6-12(10)15(29)27(3)14-5-4-11(8-13(14)20)18(21,22)23/h4-5,8,10,12,31H,6-7,9H2,1-3H3/t10?,12?,17-/m1/s1. The summed E-state index contributed by atoms with van der Waals surface area (Å²) in [5.74, 6) is -3.27. The van der Waals surface area contributed by atoms with Crippen LogP contribution in [-0.4, -0.2) is 53.7 Å². The molecule has 3 atom stereocenters. The molecule has 12 heteroatoms. The molecule has 0 spiro atoms. The second kappa shape index (κ2) is 8.50. The van der Waals surface area contributed by atoms with E-state index in [1.165, 1.54) is 7.05 Å². The molecular weight excluding hydrogens is 454 g/mol. The lowest BCUT2D eigenvalue weighted by Crippen LogP contribution is -2.59. The van der Waals surface area contributed by atoms with Crippen LogP contribution >= 0.6 is 11.6 Å². The molecule has 2 rings (SSSR count). The van der Waals surface area contributed by atoms with Gasteiger partial charge < -0.3 is 14.9 Å². The lowest BCUT2D eigenvalue weighted by molar-refractivity contribution is -0.251. The van der Waals surface area contributed by atoms with E-state index >= 15 is 0 Å². The number of hydrogen-bond donors (Lipinski definition) is 1. The normalized spacial score (nSPS) is 22.1. The monoisotopic (exact) mass is 474 g/mol. The molecule has 0 aromatic heterocycles. The van der Waals surface area contributed by atoms with E-state index in [0.29, 0.717) is 13.0 Å². The lowest BCUT2D eigenvalue weighted by atomic mass is 9.85. The Morgan fingerprint density at radius 3 is 2.23 bits per heavy atom. The van der Waals surface area contributed by atoms with Gasteiger partial charge in [-0.1, -0.05) is 18.5 Å². The molecule has 1 aromatic rings. The molecule has 2 unspecified atom stereocenters. The van der Waals surface area contributed by atoms with Gasteiger partial charge in [-0.15, -0.1) is 0 Å². The van der Waals surface area contributed by atoms with E-state index in [9.17, 15) is 41.0 Å². The van der Waals surface area contributed by atoms with Gasteiger partial charge in [0, 0.05) is 26.1 Å². The molecule has 0 saturated carbocycles. The van der Waals surface area contributed by atoms with E-state index in [1.54, 1.807) is 6.92 Å². The Labute approximate surface area is 179 Å². The Morgan fingerprint density at radius 1 is 1.19 bits per heavy atom. The number of amides is 2. The number of rotatable bonds is 3. The summed E-state index contributed by atoms with van der Waals surface area (Å²) in [6, 6.07) is 2.55. The number of piperidine rings is 1. The maximum atomic E-state index is 12.9. The molecule has 1 fully saturated rings. The second-order valence-electron chi connectivity index (χ2n) is 7.75. The minimum absolute atomic E-state index is 0.0161. The average Bonchev–Trinajstić information content (AvgIpc) is 2.64. The highest BCUT2D eigenvalue weighted by molar-refractivity contribution is 6.33. The van der Waals surface area contributed by atoms with Crippen molar-refractivity contribution in [2.24, 2.45) is 11.8 Å². The second-order valence-corrected chi connectivity index (χ2v) is 8.16. The third kappa shape index (κ3) is 5.08. The third-order valence-electron chi connectivity index (χ3n) is 5.45. The molecule has 1 heterocycles. The van der Waals surface area contributed by atoms with Crippen molar-refractivity contribution >= 4 is 29.1 Å². The first kappa shape index (κ1) is 25.3. The fraction of sp³-hybridized carbons (Fsp3) is 0.579. The molecule has 0 bridgehead atoms. The predicted molar refractivity (Wildman–Crippen MR) is 100 cm³/mol. The van der Waals surface area contributed by atoms with Gasteiger partial charge in [-0.05, 0) is 37.5 Å². The average molecular weight is 475 g/mol. The van der Waals surface area contributed by atoms with E-state index < -0.39 is 47.2 Å². The number of hydrogen-bond acceptors (Lipinski definition) is 3. The maximum absolute atomic E-state index is 12.9. The molecule has 1 saturated heterocycles. The number of aliphatic hydroxyl groups is 1. The van der Waals surface area contributed by atoms with Crippen molar-refractivity contribution in [3.05, 3.63) is 28.8 Å². The van der Waals surface area contributed by atoms with Crippen molar-refractivity contribution in [3.8, 4) is 0 Å². The fourth-order valence-electron chi connectivity index (χ4n) is 3.45. The van der Waals surface area contributed by atoms with Crippen molar-refractivity contribution in [1.82, 2.24) is 4.90 Å². The van der Waals surface area contributed by atoms with Crippen molar-refractivity contribution in [3.63, 3.8) is 0 Å². The summed E-state index contributed by atoms with van der Waals surface area (Å²) in [7, 11) is 1.33. The minimum Gasteiger partial charge on any atom is -0.373 e. The fourth-order valence-corrected chi connectivity index (χ4v) is 3.76. The van der Waals surface area contributed by atoms with E-state index in [2.05, 4.69) is 0 Å². The first-order valence-electron chi connectivity index (χ1n) is 9.21. The van der Waals surface area contributed by atoms with E-state index in [4.69, 9.17) is 11.6 Å². The van der Waals surface area contributed by atoms with Gasteiger partial charge in [-0.25, -0.2) is 0 Å². The van der Waals surface area contributed by atoms with Gasteiger partial charge in [0.2, 0.25) is 11.5 Å². The smallest absolute Gasteiger partial charge is 0.373 e. The summed E-state index contributed by atoms with van der Waals surface area (Å²) in [5, 5.41) is 9.31. The number of alkyl halides is 6. The van der Waals surface area contributed by atoms with Crippen LogP contribution in [0.3, 0.4) is 0 Å². The van der Waals surface area contributed by atoms with Crippen LogP contribution in [0.15, 0.2) is 18.2 Å². The zero-order valence-corrected chi connectivity index (χ0v) is 17.6. The number of halogens is 7. The summed E-state index contributed by atoms with van der Waals surface area (Å²) in [4.78, 5) is 27.0. The zero-order valence-electron chi connectivity index (χ0n) is 16.8. The molecule has 31 heavy (non-hydrogen) atoms. The molecular formula is C19H21ClF6N2O3. The van der Waals surface area contributed by atoms with Gasteiger partial charge >= 0.3 is 12.4 Å². The molecule has 1 aromatic carbocycles. The van der Waals surface area contributed by atoms with Crippen LogP contribution in [-0.2, 0) is 15.8 Å². The van der Waals surface area contributed by atoms with Gasteiger partial charge in [0.1, 0.15) is 0 Å². The van der Waals surface area contributed by atoms with Crippen LogP contribution in [0.25, 0.3) is 0 Å². The number of carbonyl (C=O) groups is 2. The maximum Gasteiger partial charge on any atom is 0.426 e. The summed E-state index contributed by atoms with van der Waals surface area (Å²) < 4.78 is 77.2. The van der Waals surface area contributed by atoms with Gasteiger partial charge in [0.15, 0.2) is 0 Å². The highest BCUT2D eigenvalue weighted by atomic mass is 35.5. The van der Waals surface area contributed by atoms with Crippen LogP contribution in [0.4, 0.5) is 32.0 Å².